The number of hydrogen-bond donors (Lipinski definition) is 1. The number of aromatic nitrogens is 3. The van der Waals surface area contributed by atoms with E-state index >= 15 is 0 Å². The summed E-state index contributed by atoms with van der Waals surface area (Å²) in [7, 11) is 0. The van der Waals surface area contributed by atoms with Crippen LogP contribution in [0, 0.1) is 0 Å². The van der Waals surface area contributed by atoms with Crippen molar-refractivity contribution in [3.63, 3.8) is 0 Å². The van der Waals surface area contributed by atoms with Crippen molar-refractivity contribution in [2.45, 2.75) is 32.0 Å². The smallest absolute Gasteiger partial charge is 0.253 e. The molecule has 0 radical (unpaired) electrons. The fourth-order valence-corrected chi connectivity index (χ4v) is 4.68. The first-order valence-electron chi connectivity index (χ1n) is 11.3. The Hall–Kier alpha value is -3.22. The highest BCUT2D eigenvalue weighted by molar-refractivity contribution is 6.31. The zero-order chi connectivity index (χ0) is 22.6. The van der Waals surface area contributed by atoms with Crippen molar-refractivity contribution in [1.29, 1.82) is 0 Å². The molecular formula is C26H26ClN5O. The van der Waals surface area contributed by atoms with Gasteiger partial charge in [-0.2, -0.15) is 0 Å². The van der Waals surface area contributed by atoms with Gasteiger partial charge in [-0.1, -0.05) is 11.6 Å². The fourth-order valence-electron chi connectivity index (χ4n) is 4.51. The third-order valence-electron chi connectivity index (χ3n) is 6.27. The highest BCUT2D eigenvalue weighted by atomic mass is 35.5. The van der Waals surface area contributed by atoms with E-state index < -0.39 is 0 Å². The number of piperidine rings is 1. The molecule has 0 aliphatic carbocycles. The lowest BCUT2D eigenvalue weighted by Crippen LogP contribution is -2.39. The van der Waals surface area contributed by atoms with Gasteiger partial charge in [0.1, 0.15) is 0 Å². The molecule has 1 N–H and O–H groups in total. The molecule has 4 aromatic rings. The lowest BCUT2D eigenvalue weighted by atomic mass is 10.0. The SMILES string of the molecule is O=c1cc(NC2CCN(Cc3ccncc3)CC2)c2cc(Cl)ccc2n1Cc1ccncc1. The number of hydrogen-bond acceptors (Lipinski definition) is 5. The molecule has 0 unspecified atom stereocenters. The van der Waals surface area contributed by atoms with Crippen LogP contribution >= 0.6 is 11.6 Å². The molecular weight excluding hydrogens is 434 g/mol. The molecule has 0 saturated carbocycles. The molecule has 1 saturated heterocycles. The minimum Gasteiger partial charge on any atom is -0.382 e. The van der Waals surface area contributed by atoms with Gasteiger partial charge in [0.15, 0.2) is 0 Å². The maximum atomic E-state index is 13.1. The molecule has 1 aliphatic heterocycles. The quantitative estimate of drug-likeness (QED) is 0.457. The lowest BCUT2D eigenvalue weighted by Gasteiger charge is -2.33. The van der Waals surface area contributed by atoms with Gasteiger partial charge in [0, 0.05) is 72.6 Å². The summed E-state index contributed by atoms with van der Waals surface area (Å²) in [6.45, 7) is 3.46. The summed E-state index contributed by atoms with van der Waals surface area (Å²) < 4.78 is 1.80. The Kier molecular flexibility index (Phi) is 6.37. The minimum absolute atomic E-state index is 0.0285. The van der Waals surface area contributed by atoms with Gasteiger partial charge in [-0.15, -0.1) is 0 Å². The molecule has 6 nitrogen and oxygen atoms in total. The van der Waals surface area contributed by atoms with Crippen LogP contribution in [0.15, 0.2) is 78.1 Å². The molecule has 1 fully saturated rings. The first-order chi connectivity index (χ1) is 16.2. The van der Waals surface area contributed by atoms with Gasteiger partial charge in [0.2, 0.25) is 0 Å². The second-order valence-corrected chi connectivity index (χ2v) is 8.99. The van der Waals surface area contributed by atoms with Gasteiger partial charge in [-0.05, 0) is 66.4 Å². The van der Waals surface area contributed by atoms with Gasteiger partial charge in [-0.3, -0.25) is 19.7 Å². The van der Waals surface area contributed by atoms with E-state index in [1.807, 2.05) is 42.7 Å². The maximum Gasteiger partial charge on any atom is 0.253 e. The average Bonchev–Trinajstić information content (AvgIpc) is 2.84. The third kappa shape index (κ3) is 5.07. The summed E-state index contributed by atoms with van der Waals surface area (Å²) >= 11 is 6.35. The maximum absolute atomic E-state index is 13.1. The Labute approximate surface area is 197 Å². The molecule has 1 aromatic carbocycles. The number of fused-ring (bicyclic) bond motifs is 1. The number of likely N-dealkylation sites (tertiary alicyclic amines) is 1. The van der Waals surface area contributed by atoms with Gasteiger partial charge >= 0.3 is 0 Å². The Morgan fingerprint density at radius 1 is 0.879 bits per heavy atom. The first-order valence-corrected chi connectivity index (χ1v) is 11.6. The van der Waals surface area contributed by atoms with Crippen molar-refractivity contribution in [3.8, 4) is 0 Å². The topological polar surface area (TPSA) is 63.1 Å². The van der Waals surface area contributed by atoms with Crippen LogP contribution in [0.3, 0.4) is 0 Å². The second kappa shape index (κ2) is 9.73. The number of pyridine rings is 3. The lowest BCUT2D eigenvalue weighted by molar-refractivity contribution is 0.211. The predicted octanol–water partition coefficient (Wildman–Crippen LogP) is 4.57. The molecule has 3 aromatic heterocycles. The summed E-state index contributed by atoms with van der Waals surface area (Å²) in [4.78, 5) is 23.7. The van der Waals surface area contributed by atoms with Crippen LogP contribution in [0.1, 0.15) is 24.0 Å². The van der Waals surface area contributed by atoms with E-state index in [2.05, 4.69) is 32.3 Å². The number of anilines is 1. The summed E-state index contributed by atoms with van der Waals surface area (Å²) in [5, 5.41) is 5.28. The number of benzene rings is 1. The number of rotatable bonds is 6. The van der Waals surface area contributed by atoms with Gasteiger partial charge in [0.05, 0.1) is 12.1 Å². The van der Waals surface area contributed by atoms with Crippen LogP contribution in [-0.4, -0.2) is 38.6 Å². The van der Waals surface area contributed by atoms with Crippen LogP contribution < -0.4 is 10.9 Å². The standard InChI is InChI=1S/C26H26ClN5O/c27-21-1-2-25-23(15-21)24(16-26(33)32(25)18-20-5-11-29-12-6-20)30-22-7-13-31(14-8-22)17-19-3-9-28-10-4-19/h1-6,9-12,15-16,22,30H,7-8,13-14,17-18H2. The molecule has 33 heavy (non-hydrogen) atoms. The van der Waals surface area contributed by atoms with Crippen LogP contribution in [0.4, 0.5) is 5.69 Å². The largest absolute Gasteiger partial charge is 0.382 e. The van der Waals surface area contributed by atoms with Crippen molar-refractivity contribution >= 4 is 28.2 Å². The highest BCUT2D eigenvalue weighted by Crippen LogP contribution is 2.28. The van der Waals surface area contributed by atoms with E-state index in [1.54, 1.807) is 23.0 Å². The summed E-state index contributed by atoms with van der Waals surface area (Å²) in [5.74, 6) is 0. The van der Waals surface area contributed by atoms with Crippen molar-refractivity contribution in [1.82, 2.24) is 19.4 Å². The van der Waals surface area contributed by atoms with Gasteiger partial charge in [-0.25, -0.2) is 0 Å². The molecule has 4 heterocycles. The van der Waals surface area contributed by atoms with E-state index in [0.29, 0.717) is 17.6 Å². The average molecular weight is 460 g/mol. The zero-order valence-electron chi connectivity index (χ0n) is 18.3. The number of nitrogens with one attached hydrogen (secondary N) is 1. The van der Waals surface area contributed by atoms with Crippen LogP contribution in [0.5, 0.6) is 0 Å². The van der Waals surface area contributed by atoms with Crippen molar-refractivity contribution < 1.29 is 0 Å². The molecule has 7 heteroatoms. The van der Waals surface area contributed by atoms with Crippen molar-refractivity contribution in [2.24, 2.45) is 0 Å². The minimum atomic E-state index is -0.0285. The van der Waals surface area contributed by atoms with E-state index in [4.69, 9.17) is 11.6 Å². The van der Waals surface area contributed by atoms with Crippen molar-refractivity contribution in [2.75, 3.05) is 18.4 Å². The van der Waals surface area contributed by atoms with Gasteiger partial charge in [0.25, 0.3) is 5.56 Å². The van der Waals surface area contributed by atoms with Crippen LogP contribution in [0.25, 0.3) is 10.9 Å². The Balaban J connectivity index is 1.35. The summed E-state index contributed by atoms with van der Waals surface area (Å²) in [6.07, 6.45) is 9.22. The molecule has 0 bridgehead atoms. The second-order valence-electron chi connectivity index (χ2n) is 8.55. The number of halogens is 1. The van der Waals surface area contributed by atoms with Crippen LogP contribution in [0.2, 0.25) is 5.02 Å². The molecule has 5 rings (SSSR count). The predicted molar refractivity (Wildman–Crippen MR) is 133 cm³/mol. The summed E-state index contributed by atoms with van der Waals surface area (Å²) in [5.41, 5.74) is 4.03. The summed E-state index contributed by atoms with van der Waals surface area (Å²) in [6, 6.07) is 15.7. The van der Waals surface area contributed by atoms with Crippen LogP contribution in [-0.2, 0) is 13.1 Å². The van der Waals surface area contributed by atoms with E-state index in [-0.39, 0.29) is 5.56 Å². The van der Waals surface area contributed by atoms with Crippen molar-refractivity contribution in [3.05, 3.63) is 99.8 Å². The number of nitrogens with zero attached hydrogens (tertiary/aromatic N) is 4. The Morgan fingerprint density at radius 2 is 1.52 bits per heavy atom. The highest BCUT2D eigenvalue weighted by Gasteiger charge is 2.20. The third-order valence-corrected chi connectivity index (χ3v) is 6.50. The monoisotopic (exact) mass is 459 g/mol. The Morgan fingerprint density at radius 3 is 2.18 bits per heavy atom. The Bertz CT molecular complexity index is 1280. The van der Waals surface area contributed by atoms with E-state index in [1.165, 1.54) is 5.56 Å². The zero-order valence-corrected chi connectivity index (χ0v) is 19.1. The fraction of sp³-hybridized carbons (Fsp3) is 0.269. The molecule has 0 amide bonds. The van der Waals surface area contributed by atoms with Gasteiger partial charge < -0.3 is 9.88 Å². The van der Waals surface area contributed by atoms with E-state index in [9.17, 15) is 4.79 Å². The molecule has 0 spiro atoms. The molecule has 0 atom stereocenters. The van der Waals surface area contributed by atoms with E-state index in [0.717, 1.165) is 54.6 Å². The first kappa shape index (κ1) is 21.6. The normalized spacial score (nSPS) is 15.1. The molecule has 1 aliphatic rings. The molecule has 168 valence electrons.